The Morgan fingerprint density at radius 2 is 1.60 bits per heavy atom. The van der Waals surface area contributed by atoms with Gasteiger partial charge in [-0.25, -0.2) is 0 Å². The largest absolute Gasteiger partial charge is 0.489 e. The van der Waals surface area contributed by atoms with E-state index in [1.54, 1.807) is 0 Å². The molecule has 0 aliphatic carbocycles. The number of rotatable bonds is 5. The van der Waals surface area contributed by atoms with E-state index in [9.17, 15) is 0 Å². The van der Waals surface area contributed by atoms with Crippen LogP contribution >= 0.6 is 0 Å². The minimum atomic E-state index is 0.179. The molecule has 20 heavy (non-hydrogen) atoms. The average Bonchev–Trinajstić information content (AvgIpc) is 2.39. The van der Waals surface area contributed by atoms with E-state index in [1.165, 1.54) is 16.7 Å². The predicted octanol–water partition coefficient (Wildman–Crippen LogP) is 4.70. The van der Waals surface area contributed by atoms with Crippen molar-refractivity contribution in [2.75, 3.05) is 5.32 Å². The summed E-state index contributed by atoms with van der Waals surface area (Å²) >= 11 is 0. The van der Waals surface area contributed by atoms with Crippen molar-refractivity contribution in [3.63, 3.8) is 0 Å². The maximum Gasteiger partial charge on any atom is 0.142 e. The molecule has 0 heterocycles. The first-order chi connectivity index (χ1) is 9.58. The van der Waals surface area contributed by atoms with Crippen LogP contribution in [-0.2, 0) is 6.54 Å². The second kappa shape index (κ2) is 6.47. The molecular formula is C18H23NO. The van der Waals surface area contributed by atoms with Crippen LogP contribution in [0.2, 0.25) is 0 Å². The lowest BCUT2D eigenvalue weighted by molar-refractivity contribution is 0.243. The van der Waals surface area contributed by atoms with E-state index in [2.05, 4.69) is 43.4 Å². The third kappa shape index (κ3) is 3.53. The molecule has 2 aromatic rings. The Kier molecular flexibility index (Phi) is 4.67. The quantitative estimate of drug-likeness (QED) is 0.849. The number of hydrogen-bond acceptors (Lipinski definition) is 2. The highest BCUT2D eigenvalue weighted by Gasteiger charge is 2.06. The first-order valence-electron chi connectivity index (χ1n) is 7.12. The highest BCUT2D eigenvalue weighted by atomic mass is 16.5. The molecule has 0 unspecified atom stereocenters. The smallest absolute Gasteiger partial charge is 0.142 e. The van der Waals surface area contributed by atoms with Crippen molar-refractivity contribution in [1.82, 2.24) is 0 Å². The van der Waals surface area contributed by atoms with E-state index in [0.29, 0.717) is 0 Å². The normalized spacial score (nSPS) is 10.7. The van der Waals surface area contributed by atoms with Crippen molar-refractivity contribution in [2.24, 2.45) is 0 Å². The van der Waals surface area contributed by atoms with Gasteiger partial charge in [-0.3, -0.25) is 0 Å². The lowest BCUT2D eigenvalue weighted by Crippen LogP contribution is -2.09. The molecule has 0 amide bonds. The van der Waals surface area contributed by atoms with Crippen LogP contribution < -0.4 is 10.1 Å². The summed E-state index contributed by atoms with van der Waals surface area (Å²) < 4.78 is 5.83. The van der Waals surface area contributed by atoms with Crippen molar-refractivity contribution < 1.29 is 4.74 Å². The van der Waals surface area contributed by atoms with Gasteiger partial charge in [-0.1, -0.05) is 30.3 Å². The highest BCUT2D eigenvalue weighted by Crippen LogP contribution is 2.26. The van der Waals surface area contributed by atoms with Crippen molar-refractivity contribution in [3.05, 3.63) is 59.2 Å². The molecule has 1 N–H and O–H groups in total. The van der Waals surface area contributed by atoms with E-state index in [0.717, 1.165) is 18.0 Å². The Balaban J connectivity index is 2.15. The van der Waals surface area contributed by atoms with Crippen molar-refractivity contribution >= 4 is 5.69 Å². The molecule has 0 aliphatic rings. The first-order valence-corrected chi connectivity index (χ1v) is 7.12. The Labute approximate surface area is 121 Å². The molecule has 0 saturated carbocycles. The standard InChI is InChI=1S/C18H23NO/c1-13(2)20-18-11-6-5-10-17(18)19-12-16-14(3)8-7-9-15(16)4/h5-11,13,19H,12H2,1-4H3. The summed E-state index contributed by atoms with van der Waals surface area (Å²) in [5.41, 5.74) is 5.04. The minimum Gasteiger partial charge on any atom is -0.489 e. The summed E-state index contributed by atoms with van der Waals surface area (Å²) in [5.74, 6) is 0.911. The van der Waals surface area contributed by atoms with Crippen LogP contribution in [0.25, 0.3) is 0 Å². The Morgan fingerprint density at radius 3 is 2.25 bits per heavy atom. The Bertz CT molecular complexity index is 555. The van der Waals surface area contributed by atoms with Crippen LogP contribution in [0.3, 0.4) is 0 Å². The summed E-state index contributed by atoms with van der Waals surface area (Å²) in [6.07, 6.45) is 0.179. The molecule has 106 valence electrons. The Hall–Kier alpha value is -1.96. The van der Waals surface area contributed by atoms with Gasteiger partial charge in [0.1, 0.15) is 5.75 Å². The third-order valence-corrected chi connectivity index (χ3v) is 3.35. The fourth-order valence-corrected chi connectivity index (χ4v) is 2.28. The van der Waals surface area contributed by atoms with Crippen molar-refractivity contribution in [1.29, 1.82) is 0 Å². The Morgan fingerprint density at radius 1 is 0.950 bits per heavy atom. The van der Waals surface area contributed by atoms with E-state index >= 15 is 0 Å². The molecule has 2 aromatic carbocycles. The summed E-state index contributed by atoms with van der Waals surface area (Å²) in [5, 5.41) is 3.49. The molecule has 0 aromatic heterocycles. The number of ether oxygens (including phenoxy) is 1. The van der Waals surface area contributed by atoms with Crippen LogP contribution in [0.4, 0.5) is 5.69 Å². The summed E-state index contributed by atoms with van der Waals surface area (Å²) in [6, 6.07) is 14.5. The molecule has 0 fully saturated rings. The van der Waals surface area contributed by atoms with E-state index in [1.807, 2.05) is 32.0 Å². The zero-order chi connectivity index (χ0) is 14.5. The van der Waals surface area contributed by atoms with Crippen LogP contribution in [0.5, 0.6) is 5.75 Å². The SMILES string of the molecule is Cc1cccc(C)c1CNc1ccccc1OC(C)C. The van der Waals surface area contributed by atoms with E-state index in [4.69, 9.17) is 4.74 Å². The van der Waals surface area contributed by atoms with Gasteiger partial charge in [0, 0.05) is 6.54 Å². The molecule has 0 atom stereocenters. The monoisotopic (exact) mass is 269 g/mol. The lowest BCUT2D eigenvalue weighted by Gasteiger charge is -2.17. The van der Waals surface area contributed by atoms with Gasteiger partial charge in [0.25, 0.3) is 0 Å². The van der Waals surface area contributed by atoms with E-state index < -0.39 is 0 Å². The number of hydrogen-bond donors (Lipinski definition) is 1. The van der Waals surface area contributed by atoms with Gasteiger partial charge < -0.3 is 10.1 Å². The molecule has 2 rings (SSSR count). The number of benzene rings is 2. The molecule has 2 heteroatoms. The van der Waals surface area contributed by atoms with Gasteiger partial charge in [0.2, 0.25) is 0 Å². The molecule has 0 aliphatic heterocycles. The van der Waals surface area contributed by atoms with Gasteiger partial charge in [0.05, 0.1) is 11.8 Å². The second-order valence-electron chi connectivity index (χ2n) is 5.39. The second-order valence-corrected chi connectivity index (χ2v) is 5.39. The van der Waals surface area contributed by atoms with Crippen molar-refractivity contribution in [2.45, 2.75) is 40.3 Å². The first kappa shape index (κ1) is 14.4. The third-order valence-electron chi connectivity index (χ3n) is 3.35. The summed E-state index contributed by atoms with van der Waals surface area (Å²) in [4.78, 5) is 0. The van der Waals surface area contributed by atoms with Crippen LogP contribution in [-0.4, -0.2) is 6.10 Å². The highest BCUT2D eigenvalue weighted by molar-refractivity contribution is 5.56. The maximum atomic E-state index is 5.83. The fourth-order valence-electron chi connectivity index (χ4n) is 2.28. The van der Waals surface area contributed by atoms with Crippen molar-refractivity contribution in [3.8, 4) is 5.75 Å². The zero-order valence-electron chi connectivity index (χ0n) is 12.7. The number of anilines is 1. The summed E-state index contributed by atoms with van der Waals surface area (Å²) in [7, 11) is 0. The lowest BCUT2D eigenvalue weighted by atomic mass is 10.0. The van der Waals surface area contributed by atoms with E-state index in [-0.39, 0.29) is 6.10 Å². The molecule has 0 spiro atoms. The number of para-hydroxylation sites is 2. The number of aryl methyl sites for hydroxylation is 2. The maximum absolute atomic E-state index is 5.83. The molecule has 2 nitrogen and oxygen atoms in total. The van der Waals surface area contributed by atoms with Crippen LogP contribution in [0.1, 0.15) is 30.5 Å². The van der Waals surface area contributed by atoms with Crippen LogP contribution in [0.15, 0.2) is 42.5 Å². The molecule has 0 saturated heterocycles. The van der Waals surface area contributed by atoms with Gasteiger partial charge in [-0.2, -0.15) is 0 Å². The predicted molar refractivity (Wildman–Crippen MR) is 85.4 cm³/mol. The fraction of sp³-hybridized carbons (Fsp3) is 0.333. The van der Waals surface area contributed by atoms with Crippen LogP contribution in [0, 0.1) is 13.8 Å². The topological polar surface area (TPSA) is 21.3 Å². The molecule has 0 bridgehead atoms. The van der Waals surface area contributed by atoms with Gasteiger partial charge in [-0.15, -0.1) is 0 Å². The number of nitrogens with one attached hydrogen (secondary N) is 1. The average molecular weight is 269 g/mol. The molecular weight excluding hydrogens is 246 g/mol. The molecule has 0 radical (unpaired) electrons. The van der Waals surface area contributed by atoms with Gasteiger partial charge >= 0.3 is 0 Å². The van der Waals surface area contributed by atoms with Gasteiger partial charge in [0.15, 0.2) is 0 Å². The minimum absolute atomic E-state index is 0.179. The zero-order valence-corrected chi connectivity index (χ0v) is 12.7. The van der Waals surface area contributed by atoms with Gasteiger partial charge in [-0.05, 0) is 56.5 Å². The summed E-state index contributed by atoms with van der Waals surface area (Å²) in [6.45, 7) is 9.21.